The van der Waals surface area contributed by atoms with E-state index in [1.54, 1.807) is 44.2 Å². The number of nitrogens with one attached hydrogen (secondary N) is 2. The summed E-state index contributed by atoms with van der Waals surface area (Å²) in [6.07, 6.45) is 1.80. The molecule has 0 fully saturated rings. The molecule has 8 heteroatoms. The van der Waals surface area contributed by atoms with Crippen LogP contribution in [0.3, 0.4) is 0 Å². The summed E-state index contributed by atoms with van der Waals surface area (Å²) in [5.74, 6) is 2.21. The molecule has 0 saturated heterocycles. The van der Waals surface area contributed by atoms with Crippen LogP contribution in [0.4, 0.5) is 0 Å². The van der Waals surface area contributed by atoms with Crippen LogP contribution in [-0.2, 0) is 19.6 Å². The van der Waals surface area contributed by atoms with Gasteiger partial charge < -0.3 is 24.7 Å². The first kappa shape index (κ1) is 25.3. The van der Waals surface area contributed by atoms with Crippen molar-refractivity contribution in [3.8, 4) is 11.5 Å². The highest BCUT2D eigenvalue weighted by molar-refractivity contribution is 14.0. The number of nitrogens with zero attached hydrogens (tertiary/aromatic N) is 2. The van der Waals surface area contributed by atoms with Crippen molar-refractivity contribution in [2.24, 2.45) is 4.99 Å². The van der Waals surface area contributed by atoms with Gasteiger partial charge in [-0.25, -0.2) is 0 Å². The largest absolute Gasteiger partial charge is 0.497 e. The molecule has 0 atom stereocenters. The van der Waals surface area contributed by atoms with Crippen molar-refractivity contribution in [2.45, 2.75) is 19.6 Å². The van der Waals surface area contributed by atoms with Crippen molar-refractivity contribution in [3.63, 3.8) is 0 Å². The van der Waals surface area contributed by atoms with E-state index in [1.165, 1.54) is 0 Å². The predicted octanol–water partition coefficient (Wildman–Crippen LogP) is 3.40. The van der Waals surface area contributed by atoms with Crippen molar-refractivity contribution in [1.29, 1.82) is 0 Å². The van der Waals surface area contributed by atoms with Crippen LogP contribution in [0.25, 0.3) is 0 Å². The van der Waals surface area contributed by atoms with Crippen LogP contribution in [0.5, 0.6) is 11.5 Å². The number of halogens is 1. The summed E-state index contributed by atoms with van der Waals surface area (Å²) in [6.45, 7) is 1.75. The minimum atomic E-state index is -0.00314. The Labute approximate surface area is 205 Å². The maximum atomic E-state index is 11.9. The fraction of sp³-hybridized carbons (Fsp3) is 0.250. The van der Waals surface area contributed by atoms with E-state index in [0.29, 0.717) is 25.6 Å². The molecular formula is C24H29IN4O3. The standard InChI is InChI=1S/C24H28N4O3.HI/c1-25-24(27-16-20-11-12-21(30-2)14-22(20)31-3)26-15-18-7-9-19(10-8-18)17-28-13-5-4-6-23(28)29;/h4-14H,15-17H2,1-3H3,(H2,25,26,27);1H. The molecule has 1 heterocycles. The molecular weight excluding hydrogens is 519 g/mol. The topological polar surface area (TPSA) is 76.9 Å². The Morgan fingerprint density at radius 2 is 1.66 bits per heavy atom. The number of methoxy groups -OCH3 is 2. The molecule has 0 bridgehead atoms. The van der Waals surface area contributed by atoms with E-state index in [-0.39, 0.29) is 29.5 Å². The first-order valence-corrected chi connectivity index (χ1v) is 10.0. The van der Waals surface area contributed by atoms with Crippen LogP contribution >= 0.6 is 24.0 Å². The minimum absolute atomic E-state index is 0. The first-order chi connectivity index (χ1) is 15.1. The lowest BCUT2D eigenvalue weighted by Gasteiger charge is -2.15. The highest BCUT2D eigenvalue weighted by Crippen LogP contribution is 2.24. The van der Waals surface area contributed by atoms with Crippen molar-refractivity contribution in [1.82, 2.24) is 15.2 Å². The van der Waals surface area contributed by atoms with Crippen LogP contribution in [0.1, 0.15) is 16.7 Å². The summed E-state index contributed by atoms with van der Waals surface area (Å²) < 4.78 is 12.4. The van der Waals surface area contributed by atoms with Gasteiger partial charge in [-0.2, -0.15) is 0 Å². The Kier molecular flexibility index (Phi) is 10.1. The number of hydrogen-bond donors (Lipinski definition) is 2. The lowest BCUT2D eigenvalue weighted by molar-refractivity contribution is 0.390. The fourth-order valence-corrected chi connectivity index (χ4v) is 3.13. The molecule has 0 aliphatic rings. The van der Waals surface area contributed by atoms with Crippen molar-refractivity contribution >= 4 is 29.9 Å². The van der Waals surface area contributed by atoms with Crippen LogP contribution < -0.4 is 25.7 Å². The van der Waals surface area contributed by atoms with E-state index >= 15 is 0 Å². The Bertz CT molecular complexity index is 1080. The van der Waals surface area contributed by atoms with Crippen molar-refractivity contribution < 1.29 is 9.47 Å². The Morgan fingerprint density at radius 3 is 2.31 bits per heavy atom. The zero-order valence-electron chi connectivity index (χ0n) is 18.5. The number of ether oxygens (including phenoxy) is 2. The van der Waals surface area contributed by atoms with Crippen LogP contribution in [0.2, 0.25) is 0 Å². The summed E-state index contributed by atoms with van der Waals surface area (Å²) >= 11 is 0. The molecule has 0 spiro atoms. The van der Waals surface area contributed by atoms with Gasteiger partial charge in [-0.05, 0) is 29.3 Å². The number of benzene rings is 2. The van der Waals surface area contributed by atoms with Gasteiger partial charge in [0.15, 0.2) is 5.96 Å². The molecule has 3 rings (SSSR count). The normalized spacial score (nSPS) is 10.8. The average molecular weight is 548 g/mol. The number of rotatable bonds is 8. The summed E-state index contributed by atoms with van der Waals surface area (Å²) in [5, 5.41) is 6.61. The van der Waals surface area contributed by atoms with Gasteiger partial charge in [0.05, 0.1) is 20.8 Å². The van der Waals surface area contributed by atoms with Gasteiger partial charge in [0.25, 0.3) is 5.56 Å². The molecule has 0 aliphatic carbocycles. The third-order valence-corrected chi connectivity index (χ3v) is 4.90. The maximum absolute atomic E-state index is 11.9. The van der Waals surface area contributed by atoms with Gasteiger partial charge in [-0.15, -0.1) is 24.0 Å². The van der Waals surface area contributed by atoms with Crippen LogP contribution in [0, 0.1) is 0 Å². The average Bonchev–Trinajstić information content (AvgIpc) is 2.81. The minimum Gasteiger partial charge on any atom is -0.497 e. The van der Waals surface area contributed by atoms with E-state index in [1.807, 2.05) is 36.4 Å². The van der Waals surface area contributed by atoms with Crippen molar-refractivity contribution in [2.75, 3.05) is 21.3 Å². The van der Waals surface area contributed by atoms with E-state index < -0.39 is 0 Å². The van der Waals surface area contributed by atoms with Gasteiger partial charge in [0.1, 0.15) is 11.5 Å². The Morgan fingerprint density at radius 1 is 0.938 bits per heavy atom. The smallest absolute Gasteiger partial charge is 0.250 e. The van der Waals surface area contributed by atoms with Crippen LogP contribution in [0.15, 0.2) is 76.6 Å². The molecule has 7 nitrogen and oxygen atoms in total. The zero-order valence-corrected chi connectivity index (χ0v) is 20.8. The van der Waals surface area contributed by atoms with E-state index in [9.17, 15) is 4.79 Å². The second-order valence-electron chi connectivity index (χ2n) is 6.94. The van der Waals surface area contributed by atoms with Crippen LogP contribution in [-0.4, -0.2) is 31.8 Å². The molecule has 0 saturated carbocycles. The maximum Gasteiger partial charge on any atom is 0.250 e. The summed E-state index contributed by atoms with van der Waals surface area (Å²) in [6, 6.07) is 19.1. The predicted molar refractivity (Wildman–Crippen MR) is 138 cm³/mol. The Hall–Kier alpha value is -3.01. The molecule has 3 aromatic rings. The van der Waals surface area contributed by atoms with Gasteiger partial charge in [0.2, 0.25) is 0 Å². The number of guanidine groups is 1. The molecule has 2 N–H and O–H groups in total. The van der Waals surface area contributed by atoms with E-state index in [2.05, 4.69) is 27.8 Å². The monoisotopic (exact) mass is 548 g/mol. The highest BCUT2D eigenvalue weighted by Gasteiger charge is 2.06. The van der Waals surface area contributed by atoms with Gasteiger partial charge in [0, 0.05) is 44.0 Å². The molecule has 1 aromatic heterocycles. The molecule has 2 aromatic carbocycles. The molecule has 0 unspecified atom stereocenters. The second kappa shape index (κ2) is 12.7. The highest BCUT2D eigenvalue weighted by atomic mass is 127. The first-order valence-electron chi connectivity index (χ1n) is 10.0. The molecule has 0 aliphatic heterocycles. The SMILES string of the molecule is CN=C(NCc1ccc(Cn2ccccc2=O)cc1)NCc1ccc(OC)cc1OC.I. The molecule has 0 radical (unpaired) electrons. The third-order valence-electron chi connectivity index (χ3n) is 4.90. The summed E-state index contributed by atoms with van der Waals surface area (Å²) in [4.78, 5) is 16.1. The zero-order chi connectivity index (χ0) is 22.1. The fourth-order valence-electron chi connectivity index (χ4n) is 3.13. The van der Waals surface area contributed by atoms with Gasteiger partial charge in [-0.1, -0.05) is 30.3 Å². The second-order valence-corrected chi connectivity index (χ2v) is 6.94. The molecule has 0 amide bonds. The third kappa shape index (κ3) is 7.01. The number of pyridine rings is 1. The quantitative estimate of drug-likeness (QED) is 0.257. The molecule has 32 heavy (non-hydrogen) atoms. The van der Waals surface area contributed by atoms with E-state index in [4.69, 9.17) is 9.47 Å². The van der Waals surface area contributed by atoms with Gasteiger partial charge in [-0.3, -0.25) is 9.79 Å². The van der Waals surface area contributed by atoms with E-state index in [0.717, 1.165) is 28.2 Å². The molecule has 170 valence electrons. The Balaban J connectivity index is 0.00000363. The number of aromatic nitrogens is 1. The van der Waals surface area contributed by atoms with Gasteiger partial charge >= 0.3 is 0 Å². The summed E-state index contributed by atoms with van der Waals surface area (Å²) in [5.41, 5.74) is 3.20. The van der Waals surface area contributed by atoms with Crippen molar-refractivity contribution in [3.05, 3.63) is 93.9 Å². The number of aliphatic imine (C=N–C) groups is 1. The lowest BCUT2D eigenvalue weighted by Crippen LogP contribution is -2.36. The lowest BCUT2D eigenvalue weighted by atomic mass is 10.1. The summed E-state index contributed by atoms with van der Waals surface area (Å²) in [7, 11) is 5.01. The number of hydrogen-bond acceptors (Lipinski definition) is 4.